The maximum Gasteiger partial charge on any atom is 0.314 e. The van der Waals surface area contributed by atoms with Crippen molar-refractivity contribution in [2.24, 2.45) is 11.0 Å². The zero-order valence-corrected chi connectivity index (χ0v) is 17.1. The molecule has 0 saturated heterocycles. The van der Waals surface area contributed by atoms with Crippen molar-refractivity contribution in [2.45, 2.75) is 19.8 Å². The summed E-state index contributed by atoms with van der Waals surface area (Å²) in [5, 5.41) is 7.51. The van der Waals surface area contributed by atoms with Gasteiger partial charge in [0, 0.05) is 5.69 Å². The second-order valence-electron chi connectivity index (χ2n) is 6.39. The fraction of sp³-hybridized carbons (Fsp3) is 0.286. The lowest BCUT2D eigenvalue weighted by atomic mass is 10.2. The van der Waals surface area contributed by atoms with Gasteiger partial charge in [0.1, 0.15) is 5.75 Å². The summed E-state index contributed by atoms with van der Waals surface area (Å²) in [6.07, 6.45) is 3.38. The number of carbonyl (C=O) groups excluding carboxylic acids is 1. The van der Waals surface area contributed by atoms with Crippen LogP contribution in [0.4, 0.5) is 5.69 Å². The molecule has 0 heterocycles. The Bertz CT molecular complexity index is 895. The topological polar surface area (TPSA) is 81.2 Å². The molecule has 1 aliphatic rings. The van der Waals surface area contributed by atoms with Gasteiger partial charge in [0.25, 0.3) is 0 Å². The number of hydrazone groups is 1. The van der Waals surface area contributed by atoms with Crippen LogP contribution in [-0.4, -0.2) is 31.0 Å². The maximum atomic E-state index is 11.8. The molecule has 0 amide bonds. The van der Waals surface area contributed by atoms with Crippen LogP contribution < -0.4 is 25.0 Å². The van der Waals surface area contributed by atoms with Gasteiger partial charge in [0.15, 0.2) is 16.6 Å². The Morgan fingerprint density at radius 1 is 1.21 bits per heavy atom. The predicted molar refractivity (Wildman–Crippen MR) is 116 cm³/mol. The first-order chi connectivity index (χ1) is 14.1. The van der Waals surface area contributed by atoms with Crippen molar-refractivity contribution in [2.75, 3.05) is 19.0 Å². The van der Waals surface area contributed by atoms with Crippen LogP contribution in [0.1, 0.15) is 25.3 Å². The number of thiocarbonyl (C=S) groups is 1. The highest BCUT2D eigenvalue weighted by atomic mass is 32.1. The summed E-state index contributed by atoms with van der Waals surface area (Å²) in [5.41, 5.74) is 4.35. The number of rotatable bonds is 8. The smallest absolute Gasteiger partial charge is 0.314 e. The normalized spacial score (nSPS) is 13.0. The lowest BCUT2D eigenvalue weighted by Gasteiger charge is -2.10. The van der Waals surface area contributed by atoms with Crippen molar-refractivity contribution in [1.82, 2.24) is 5.43 Å². The first kappa shape index (κ1) is 20.6. The van der Waals surface area contributed by atoms with Crippen molar-refractivity contribution >= 4 is 35.2 Å². The molecule has 2 N–H and O–H groups in total. The first-order valence-electron chi connectivity index (χ1n) is 9.31. The Morgan fingerprint density at radius 3 is 2.62 bits per heavy atom. The van der Waals surface area contributed by atoms with Crippen LogP contribution in [0.3, 0.4) is 0 Å². The monoisotopic (exact) mass is 413 g/mol. The fourth-order valence-corrected chi connectivity index (χ4v) is 2.66. The molecular formula is C21H23N3O4S. The molecule has 0 aromatic heterocycles. The van der Waals surface area contributed by atoms with Crippen LogP contribution >= 0.6 is 12.2 Å². The summed E-state index contributed by atoms with van der Waals surface area (Å²) in [6, 6.07) is 12.7. The number of carbonyl (C=O) groups is 1. The standard InChI is InChI=1S/C21H23N3O4S/c1-3-27-17-9-7-16(8-10-17)23-21(29)24-22-13-14-4-11-18(19(12-14)26-2)28-20(25)15-5-6-15/h4,7-13,15H,3,5-6H2,1-2H3,(H2,23,24,29)/b22-13-. The molecule has 1 saturated carbocycles. The Labute approximate surface area is 175 Å². The van der Waals surface area contributed by atoms with Crippen molar-refractivity contribution in [1.29, 1.82) is 0 Å². The van der Waals surface area contributed by atoms with Crippen molar-refractivity contribution in [3.8, 4) is 17.2 Å². The summed E-state index contributed by atoms with van der Waals surface area (Å²) in [4.78, 5) is 11.8. The van der Waals surface area contributed by atoms with Gasteiger partial charge in [0.2, 0.25) is 0 Å². The lowest BCUT2D eigenvalue weighted by molar-refractivity contribution is -0.135. The summed E-state index contributed by atoms with van der Waals surface area (Å²) >= 11 is 5.23. The van der Waals surface area contributed by atoms with Gasteiger partial charge in [-0.2, -0.15) is 5.10 Å². The van der Waals surface area contributed by atoms with Gasteiger partial charge >= 0.3 is 5.97 Å². The highest BCUT2D eigenvalue weighted by Gasteiger charge is 2.32. The Kier molecular flexibility index (Phi) is 7.02. The van der Waals surface area contributed by atoms with Gasteiger partial charge in [-0.15, -0.1) is 0 Å². The van der Waals surface area contributed by atoms with Crippen molar-refractivity contribution in [3.05, 3.63) is 48.0 Å². The minimum Gasteiger partial charge on any atom is -0.494 e. The summed E-state index contributed by atoms with van der Waals surface area (Å²) in [6.45, 7) is 2.56. The van der Waals surface area contributed by atoms with Gasteiger partial charge in [-0.3, -0.25) is 10.2 Å². The molecule has 0 aliphatic heterocycles. The Balaban J connectivity index is 1.53. The largest absolute Gasteiger partial charge is 0.494 e. The van der Waals surface area contributed by atoms with E-state index >= 15 is 0 Å². The molecule has 2 aromatic rings. The molecule has 0 atom stereocenters. The molecular weight excluding hydrogens is 390 g/mol. The SMILES string of the molecule is CCOc1ccc(NC(=S)N/N=C\c2ccc(OC(=O)C3CC3)c(OC)c2)cc1. The molecule has 7 nitrogen and oxygen atoms in total. The zero-order valence-electron chi connectivity index (χ0n) is 16.3. The molecule has 2 aromatic carbocycles. The van der Waals surface area contributed by atoms with Crippen LogP contribution in [0.2, 0.25) is 0 Å². The third kappa shape index (κ3) is 6.18. The maximum absolute atomic E-state index is 11.8. The molecule has 0 bridgehead atoms. The number of hydrogen-bond donors (Lipinski definition) is 2. The highest BCUT2D eigenvalue weighted by molar-refractivity contribution is 7.80. The molecule has 1 aliphatic carbocycles. The average molecular weight is 413 g/mol. The van der Waals surface area contributed by atoms with Gasteiger partial charge < -0.3 is 19.5 Å². The van der Waals surface area contributed by atoms with Gasteiger partial charge in [0.05, 0.1) is 25.8 Å². The molecule has 3 rings (SSSR count). The summed E-state index contributed by atoms with van der Waals surface area (Å²) < 4.78 is 16.1. The van der Waals surface area contributed by atoms with E-state index in [4.69, 9.17) is 26.4 Å². The van der Waals surface area contributed by atoms with Gasteiger partial charge in [-0.05, 0) is 80.0 Å². The number of anilines is 1. The minimum absolute atomic E-state index is 0.0223. The molecule has 8 heteroatoms. The summed E-state index contributed by atoms with van der Waals surface area (Å²) in [5.74, 6) is 1.49. The second-order valence-corrected chi connectivity index (χ2v) is 6.80. The van der Waals surface area contributed by atoms with Crippen LogP contribution in [0.25, 0.3) is 0 Å². The van der Waals surface area contributed by atoms with Gasteiger partial charge in [-0.25, -0.2) is 0 Å². The van der Waals surface area contributed by atoms with Crippen molar-refractivity contribution < 1.29 is 19.0 Å². The van der Waals surface area contributed by atoms with E-state index in [1.54, 1.807) is 24.4 Å². The summed E-state index contributed by atoms with van der Waals surface area (Å²) in [7, 11) is 1.53. The van der Waals surface area contributed by atoms with Crippen molar-refractivity contribution in [3.63, 3.8) is 0 Å². The van der Waals surface area contributed by atoms with Crippen LogP contribution in [0.15, 0.2) is 47.6 Å². The van der Waals surface area contributed by atoms with E-state index in [2.05, 4.69) is 15.8 Å². The van der Waals surface area contributed by atoms with Gasteiger partial charge in [-0.1, -0.05) is 0 Å². The van der Waals surface area contributed by atoms with Crippen LogP contribution in [-0.2, 0) is 4.79 Å². The molecule has 29 heavy (non-hydrogen) atoms. The lowest BCUT2D eigenvalue weighted by Crippen LogP contribution is -2.23. The number of methoxy groups -OCH3 is 1. The molecule has 0 radical (unpaired) electrons. The van der Waals surface area contributed by atoms with E-state index < -0.39 is 0 Å². The fourth-order valence-electron chi connectivity index (χ4n) is 2.49. The van der Waals surface area contributed by atoms with E-state index in [0.717, 1.165) is 29.8 Å². The van der Waals surface area contributed by atoms with E-state index in [0.29, 0.717) is 23.2 Å². The van der Waals surface area contributed by atoms with E-state index in [1.807, 2.05) is 31.2 Å². The Morgan fingerprint density at radius 2 is 1.97 bits per heavy atom. The number of benzene rings is 2. The number of ether oxygens (including phenoxy) is 3. The number of esters is 1. The zero-order chi connectivity index (χ0) is 20.6. The number of hydrogen-bond acceptors (Lipinski definition) is 6. The third-order valence-electron chi connectivity index (χ3n) is 4.11. The third-order valence-corrected chi connectivity index (χ3v) is 4.31. The van der Waals surface area contributed by atoms with E-state index in [9.17, 15) is 4.79 Å². The molecule has 152 valence electrons. The molecule has 0 spiro atoms. The highest BCUT2D eigenvalue weighted by Crippen LogP contribution is 2.34. The average Bonchev–Trinajstić information content (AvgIpc) is 3.56. The number of nitrogens with zero attached hydrogens (tertiary/aromatic N) is 1. The predicted octanol–water partition coefficient (Wildman–Crippen LogP) is 3.73. The quantitative estimate of drug-likeness (QED) is 0.224. The first-order valence-corrected chi connectivity index (χ1v) is 9.72. The molecule has 0 unspecified atom stereocenters. The van der Waals surface area contributed by atoms with E-state index in [1.165, 1.54) is 7.11 Å². The molecule has 1 fully saturated rings. The van der Waals surface area contributed by atoms with E-state index in [-0.39, 0.29) is 11.9 Å². The number of nitrogens with one attached hydrogen (secondary N) is 2. The van der Waals surface area contributed by atoms with Crippen LogP contribution in [0, 0.1) is 5.92 Å². The van der Waals surface area contributed by atoms with Crippen LogP contribution in [0.5, 0.6) is 17.2 Å². The minimum atomic E-state index is -0.211. The Hall–Kier alpha value is -3.13. The second kappa shape index (κ2) is 9.88.